The number of aryl methyl sites for hydroxylation is 1. The average molecular weight is 361 g/mol. The number of nitrogens with zero attached hydrogens (tertiary/aromatic N) is 5. The van der Waals surface area contributed by atoms with E-state index in [1.807, 2.05) is 0 Å². The van der Waals surface area contributed by atoms with Crippen LogP contribution in [0.1, 0.15) is 0 Å². The number of carbonyl (C=O) groups is 1. The van der Waals surface area contributed by atoms with Crippen molar-refractivity contribution in [3.63, 3.8) is 0 Å². The topological polar surface area (TPSA) is 124 Å². The van der Waals surface area contributed by atoms with Gasteiger partial charge in [-0.25, -0.2) is 8.42 Å². The molecule has 10 nitrogen and oxygen atoms in total. The lowest BCUT2D eigenvalue weighted by Gasteiger charge is -2.04. The second-order valence-electron chi connectivity index (χ2n) is 5.17. The first-order valence-electron chi connectivity index (χ1n) is 7.16. The van der Waals surface area contributed by atoms with E-state index in [-0.39, 0.29) is 23.0 Å². The van der Waals surface area contributed by atoms with Gasteiger partial charge in [0.25, 0.3) is 10.0 Å². The van der Waals surface area contributed by atoms with Crippen LogP contribution in [0.2, 0.25) is 0 Å². The number of hydrogen-bond acceptors (Lipinski definition) is 6. The van der Waals surface area contributed by atoms with Crippen LogP contribution in [-0.2, 0) is 28.4 Å². The summed E-state index contributed by atoms with van der Waals surface area (Å²) in [7, 11) is -2.13. The molecule has 2 N–H and O–H groups in total. The van der Waals surface area contributed by atoms with Crippen LogP contribution in [0.25, 0.3) is 0 Å². The third kappa shape index (κ3) is 4.20. The van der Waals surface area contributed by atoms with Crippen molar-refractivity contribution in [1.82, 2.24) is 24.5 Å². The van der Waals surface area contributed by atoms with Gasteiger partial charge in [0.1, 0.15) is 11.4 Å². The van der Waals surface area contributed by atoms with Gasteiger partial charge in [0, 0.05) is 25.6 Å². The molecule has 0 aromatic carbocycles. The lowest BCUT2D eigenvalue weighted by Crippen LogP contribution is -2.19. The van der Waals surface area contributed by atoms with E-state index in [1.54, 1.807) is 25.4 Å². The summed E-state index contributed by atoms with van der Waals surface area (Å²) in [4.78, 5) is 15.9. The second-order valence-corrected chi connectivity index (χ2v) is 6.85. The molecule has 0 bridgehead atoms. The lowest BCUT2D eigenvalue weighted by molar-refractivity contribution is -0.116. The van der Waals surface area contributed by atoms with Crippen LogP contribution in [0.15, 0.2) is 54.2 Å². The van der Waals surface area contributed by atoms with Crippen molar-refractivity contribution >= 4 is 27.3 Å². The first-order chi connectivity index (χ1) is 11.9. The summed E-state index contributed by atoms with van der Waals surface area (Å²) < 4.78 is 29.5. The fraction of sp³-hybridized carbons (Fsp3) is 0.143. The average Bonchev–Trinajstić information content (AvgIpc) is 3.17. The second kappa shape index (κ2) is 6.73. The number of hydrogen-bond donors (Lipinski definition) is 2. The van der Waals surface area contributed by atoms with E-state index in [9.17, 15) is 13.2 Å². The van der Waals surface area contributed by atoms with Crippen molar-refractivity contribution < 1.29 is 13.2 Å². The van der Waals surface area contributed by atoms with E-state index in [0.717, 1.165) is 0 Å². The summed E-state index contributed by atoms with van der Waals surface area (Å²) in [6.07, 6.45) is 8.50. The zero-order chi connectivity index (χ0) is 17.9. The van der Waals surface area contributed by atoms with Crippen molar-refractivity contribution in [2.45, 2.75) is 11.4 Å². The SMILES string of the molecule is Cn1cc(S(=O)(=O)Nc2cnn(CC(=O)Nc3cccnc3)c2)cn1. The fourth-order valence-corrected chi connectivity index (χ4v) is 3.05. The van der Waals surface area contributed by atoms with Crippen LogP contribution in [0, 0.1) is 0 Å². The molecule has 0 fully saturated rings. The summed E-state index contributed by atoms with van der Waals surface area (Å²) >= 11 is 0. The van der Waals surface area contributed by atoms with Crippen LogP contribution in [-0.4, -0.2) is 38.9 Å². The third-order valence-corrected chi connectivity index (χ3v) is 4.46. The number of nitrogens with one attached hydrogen (secondary N) is 2. The molecule has 0 spiro atoms. The number of sulfonamides is 1. The van der Waals surface area contributed by atoms with E-state index < -0.39 is 10.0 Å². The Hall–Kier alpha value is -3.21. The molecular formula is C14H15N7O3S. The van der Waals surface area contributed by atoms with Gasteiger partial charge in [-0.3, -0.25) is 23.9 Å². The highest BCUT2D eigenvalue weighted by molar-refractivity contribution is 7.92. The lowest BCUT2D eigenvalue weighted by atomic mass is 10.4. The van der Waals surface area contributed by atoms with Gasteiger partial charge in [-0.15, -0.1) is 0 Å². The maximum Gasteiger partial charge on any atom is 0.265 e. The van der Waals surface area contributed by atoms with Gasteiger partial charge in [0.2, 0.25) is 5.91 Å². The van der Waals surface area contributed by atoms with Crippen molar-refractivity contribution in [1.29, 1.82) is 0 Å². The largest absolute Gasteiger partial charge is 0.323 e. The molecular weight excluding hydrogens is 346 g/mol. The van der Waals surface area contributed by atoms with Crippen LogP contribution in [0.3, 0.4) is 0 Å². The molecule has 3 heterocycles. The minimum absolute atomic E-state index is 0.0390. The van der Waals surface area contributed by atoms with Crippen LogP contribution >= 0.6 is 0 Å². The monoisotopic (exact) mass is 361 g/mol. The third-order valence-electron chi connectivity index (χ3n) is 3.13. The summed E-state index contributed by atoms with van der Waals surface area (Å²) in [5.41, 5.74) is 0.815. The molecule has 1 amide bonds. The van der Waals surface area contributed by atoms with Gasteiger partial charge in [0.05, 0.1) is 30.0 Å². The summed E-state index contributed by atoms with van der Waals surface area (Å²) in [5.74, 6) is -0.308. The van der Waals surface area contributed by atoms with E-state index in [2.05, 4.69) is 25.2 Å². The van der Waals surface area contributed by atoms with E-state index in [1.165, 1.54) is 40.3 Å². The molecule has 3 rings (SSSR count). The molecule has 0 saturated heterocycles. The van der Waals surface area contributed by atoms with Crippen molar-refractivity contribution in [3.05, 3.63) is 49.3 Å². The summed E-state index contributed by atoms with van der Waals surface area (Å²) in [5, 5.41) is 10.5. The fourth-order valence-electron chi connectivity index (χ4n) is 2.04. The Bertz CT molecular complexity index is 979. The molecule has 11 heteroatoms. The Morgan fingerprint density at radius 2 is 2.00 bits per heavy atom. The molecule has 25 heavy (non-hydrogen) atoms. The molecule has 3 aromatic heterocycles. The predicted octanol–water partition coefficient (Wildman–Crippen LogP) is 0.451. The molecule has 0 aliphatic carbocycles. The maximum atomic E-state index is 12.2. The number of aromatic nitrogens is 5. The van der Waals surface area contributed by atoms with Gasteiger partial charge in [-0.05, 0) is 12.1 Å². The number of carbonyl (C=O) groups excluding carboxylic acids is 1. The highest BCUT2D eigenvalue weighted by Crippen LogP contribution is 2.14. The summed E-state index contributed by atoms with van der Waals surface area (Å²) in [6, 6.07) is 3.41. The molecule has 0 aliphatic heterocycles. The van der Waals surface area contributed by atoms with Crippen LogP contribution in [0.5, 0.6) is 0 Å². The molecule has 130 valence electrons. The minimum Gasteiger partial charge on any atom is -0.323 e. The van der Waals surface area contributed by atoms with Crippen LogP contribution in [0.4, 0.5) is 11.4 Å². The smallest absolute Gasteiger partial charge is 0.265 e. The number of amides is 1. The van der Waals surface area contributed by atoms with Crippen LogP contribution < -0.4 is 10.0 Å². The van der Waals surface area contributed by atoms with Gasteiger partial charge >= 0.3 is 0 Å². The molecule has 0 atom stereocenters. The molecule has 0 aliphatic rings. The zero-order valence-electron chi connectivity index (χ0n) is 13.2. The number of pyridine rings is 1. The standard InChI is InChI=1S/C14H15N7O3S/c1-20-9-13(7-16-20)25(23,24)19-12-6-17-21(8-12)10-14(22)18-11-3-2-4-15-5-11/h2-9,19H,10H2,1H3,(H,18,22). The van der Waals surface area contributed by atoms with E-state index in [0.29, 0.717) is 5.69 Å². The quantitative estimate of drug-likeness (QED) is 0.657. The number of anilines is 2. The van der Waals surface area contributed by atoms with Gasteiger partial charge in [-0.1, -0.05) is 0 Å². The maximum absolute atomic E-state index is 12.2. The molecule has 3 aromatic rings. The predicted molar refractivity (Wildman–Crippen MR) is 89.1 cm³/mol. The van der Waals surface area contributed by atoms with E-state index in [4.69, 9.17) is 0 Å². The minimum atomic E-state index is -3.75. The Balaban J connectivity index is 1.63. The van der Waals surface area contributed by atoms with Crippen molar-refractivity contribution in [3.8, 4) is 0 Å². The highest BCUT2D eigenvalue weighted by Gasteiger charge is 2.17. The van der Waals surface area contributed by atoms with Crippen molar-refractivity contribution in [2.24, 2.45) is 7.05 Å². The zero-order valence-corrected chi connectivity index (χ0v) is 14.0. The molecule has 0 radical (unpaired) electrons. The first kappa shape index (κ1) is 16.6. The Morgan fingerprint density at radius 3 is 2.68 bits per heavy atom. The normalized spacial score (nSPS) is 11.2. The Labute approximate surface area is 143 Å². The first-order valence-corrected chi connectivity index (χ1v) is 8.64. The van der Waals surface area contributed by atoms with Gasteiger partial charge < -0.3 is 5.32 Å². The van der Waals surface area contributed by atoms with Gasteiger partial charge in [0.15, 0.2) is 0 Å². The van der Waals surface area contributed by atoms with Gasteiger partial charge in [-0.2, -0.15) is 10.2 Å². The Kier molecular flexibility index (Phi) is 4.48. The van der Waals surface area contributed by atoms with Crippen molar-refractivity contribution in [2.75, 3.05) is 10.0 Å². The number of rotatable bonds is 6. The summed E-state index contributed by atoms with van der Waals surface area (Å²) in [6.45, 7) is -0.0660. The van der Waals surface area contributed by atoms with E-state index >= 15 is 0 Å². The molecule has 0 saturated carbocycles. The highest BCUT2D eigenvalue weighted by atomic mass is 32.2. The molecule has 0 unspecified atom stereocenters. The Morgan fingerprint density at radius 1 is 1.16 bits per heavy atom.